The van der Waals surface area contributed by atoms with E-state index in [1.807, 2.05) is 35.9 Å². The average Bonchev–Trinajstić information content (AvgIpc) is 3.19. The lowest BCUT2D eigenvalue weighted by Crippen LogP contribution is -2.31. The molecule has 0 saturated heterocycles. The van der Waals surface area contributed by atoms with Crippen molar-refractivity contribution in [1.82, 2.24) is 15.1 Å². The highest BCUT2D eigenvalue weighted by Crippen LogP contribution is 2.40. The van der Waals surface area contributed by atoms with Gasteiger partial charge in [-0.15, -0.1) is 0 Å². The molecule has 1 atom stereocenters. The van der Waals surface area contributed by atoms with Crippen LogP contribution in [0.25, 0.3) is 0 Å². The Bertz CT molecular complexity index is 798. The minimum Gasteiger partial charge on any atom is -0.454 e. The summed E-state index contributed by atoms with van der Waals surface area (Å²) in [7, 11) is 0. The largest absolute Gasteiger partial charge is 0.454 e. The Hall–Kier alpha value is -2.70. The van der Waals surface area contributed by atoms with E-state index >= 15 is 0 Å². The lowest BCUT2D eigenvalue weighted by Gasteiger charge is -2.14. The van der Waals surface area contributed by atoms with Crippen molar-refractivity contribution in [1.29, 1.82) is 0 Å². The third-order valence-electron chi connectivity index (χ3n) is 4.59. The number of nitrogens with one attached hydrogen (secondary N) is 2. The van der Waals surface area contributed by atoms with Crippen LogP contribution in [-0.4, -0.2) is 22.6 Å². The zero-order valence-electron chi connectivity index (χ0n) is 14.4. The number of ether oxygens (including phenoxy) is 2. The molecule has 0 unspecified atom stereocenters. The van der Waals surface area contributed by atoms with Gasteiger partial charge >= 0.3 is 6.03 Å². The molecule has 4 rings (SSSR count). The van der Waals surface area contributed by atoms with Gasteiger partial charge in [-0.3, -0.25) is 10.00 Å². The number of anilines is 1. The van der Waals surface area contributed by atoms with E-state index in [1.54, 1.807) is 0 Å². The first-order valence-electron chi connectivity index (χ1n) is 8.69. The second kappa shape index (κ2) is 6.31. The first-order chi connectivity index (χ1) is 12.1. The zero-order valence-corrected chi connectivity index (χ0v) is 14.4. The molecule has 132 valence electrons. The molecule has 0 radical (unpaired) electrons. The van der Waals surface area contributed by atoms with Crippen LogP contribution in [0.3, 0.4) is 0 Å². The molecular formula is C18H22N4O3. The van der Waals surface area contributed by atoms with Crippen molar-refractivity contribution < 1.29 is 14.3 Å². The normalized spacial score (nSPS) is 16.6. The van der Waals surface area contributed by atoms with E-state index in [2.05, 4.69) is 22.7 Å². The fraction of sp³-hybridized carbons (Fsp3) is 0.444. The average molecular weight is 342 g/mol. The third kappa shape index (κ3) is 3.26. The summed E-state index contributed by atoms with van der Waals surface area (Å²) in [4.78, 5) is 12.3. The van der Waals surface area contributed by atoms with Gasteiger partial charge in [-0.1, -0.05) is 6.07 Å². The zero-order chi connectivity index (χ0) is 17.4. The number of rotatable bonds is 5. The lowest BCUT2D eigenvalue weighted by atomic mass is 10.1. The summed E-state index contributed by atoms with van der Waals surface area (Å²) in [6.45, 7) is 5.04. The molecule has 25 heavy (non-hydrogen) atoms. The minimum absolute atomic E-state index is 0.161. The van der Waals surface area contributed by atoms with Crippen LogP contribution in [0.15, 0.2) is 24.3 Å². The van der Waals surface area contributed by atoms with Crippen LogP contribution in [0.1, 0.15) is 49.9 Å². The minimum atomic E-state index is -0.270. The molecule has 2 aliphatic rings. The Morgan fingerprint density at radius 3 is 2.88 bits per heavy atom. The summed E-state index contributed by atoms with van der Waals surface area (Å²) in [6.07, 6.45) is 2.41. The second-order valence-corrected chi connectivity index (χ2v) is 6.48. The van der Waals surface area contributed by atoms with Gasteiger partial charge in [0.1, 0.15) is 0 Å². The van der Waals surface area contributed by atoms with Gasteiger partial charge in [-0.05, 0) is 44.4 Å². The standard InChI is InChI=1S/C18H22N4O3/c1-3-22-14(12-4-5-12)9-17(21-22)20-18(23)19-11(2)13-6-7-15-16(8-13)25-10-24-15/h6-9,11-12H,3-5,10H2,1-2H3,(H2,19,20,21,23)/t11-/m1/s1. The van der Waals surface area contributed by atoms with Crippen molar-refractivity contribution in [3.63, 3.8) is 0 Å². The fourth-order valence-electron chi connectivity index (χ4n) is 3.07. The Labute approximate surface area is 146 Å². The molecule has 2 heterocycles. The fourth-order valence-corrected chi connectivity index (χ4v) is 3.07. The Morgan fingerprint density at radius 2 is 2.12 bits per heavy atom. The van der Waals surface area contributed by atoms with Gasteiger partial charge in [0.25, 0.3) is 0 Å². The van der Waals surface area contributed by atoms with Gasteiger partial charge in [-0.2, -0.15) is 5.10 Å². The summed E-state index contributed by atoms with van der Waals surface area (Å²) in [5.41, 5.74) is 2.17. The van der Waals surface area contributed by atoms with Crippen molar-refractivity contribution in [3.8, 4) is 11.5 Å². The van der Waals surface area contributed by atoms with Gasteiger partial charge in [0, 0.05) is 24.2 Å². The summed E-state index contributed by atoms with van der Waals surface area (Å²) >= 11 is 0. The first-order valence-corrected chi connectivity index (χ1v) is 8.69. The molecule has 1 saturated carbocycles. The van der Waals surface area contributed by atoms with E-state index in [0.29, 0.717) is 17.5 Å². The molecular weight excluding hydrogens is 320 g/mol. The number of urea groups is 1. The monoisotopic (exact) mass is 342 g/mol. The van der Waals surface area contributed by atoms with Crippen molar-refractivity contribution in [2.75, 3.05) is 12.1 Å². The number of carbonyl (C=O) groups excluding carboxylic acids is 1. The highest BCUT2D eigenvalue weighted by molar-refractivity contribution is 5.88. The van der Waals surface area contributed by atoms with Crippen LogP contribution in [0.2, 0.25) is 0 Å². The Balaban J connectivity index is 1.40. The van der Waals surface area contributed by atoms with E-state index in [9.17, 15) is 4.79 Å². The molecule has 2 aromatic rings. The quantitative estimate of drug-likeness (QED) is 0.873. The number of carbonyl (C=O) groups is 1. The number of benzene rings is 1. The maximum Gasteiger partial charge on any atom is 0.320 e. The number of hydrogen-bond donors (Lipinski definition) is 2. The molecule has 0 bridgehead atoms. The SMILES string of the molecule is CCn1nc(NC(=O)N[C@H](C)c2ccc3c(c2)OCO3)cc1C1CC1. The number of aromatic nitrogens is 2. The maximum absolute atomic E-state index is 12.3. The number of hydrogen-bond acceptors (Lipinski definition) is 4. The van der Waals surface area contributed by atoms with E-state index < -0.39 is 0 Å². The molecule has 2 amide bonds. The van der Waals surface area contributed by atoms with E-state index in [1.165, 1.54) is 18.5 Å². The van der Waals surface area contributed by atoms with Gasteiger partial charge in [0.2, 0.25) is 6.79 Å². The molecule has 7 nitrogen and oxygen atoms in total. The van der Waals surface area contributed by atoms with E-state index in [4.69, 9.17) is 9.47 Å². The van der Waals surface area contributed by atoms with Crippen molar-refractivity contribution in [2.24, 2.45) is 0 Å². The smallest absolute Gasteiger partial charge is 0.320 e. The van der Waals surface area contributed by atoms with Gasteiger partial charge in [0.05, 0.1) is 6.04 Å². The van der Waals surface area contributed by atoms with Crippen LogP contribution < -0.4 is 20.1 Å². The molecule has 1 aliphatic heterocycles. The molecule has 1 fully saturated rings. The molecule has 1 aromatic heterocycles. The summed E-state index contributed by atoms with van der Waals surface area (Å²) in [6, 6.07) is 7.23. The summed E-state index contributed by atoms with van der Waals surface area (Å²) in [5.74, 6) is 2.64. The van der Waals surface area contributed by atoms with Crippen LogP contribution in [-0.2, 0) is 6.54 Å². The number of aryl methyl sites for hydroxylation is 1. The van der Waals surface area contributed by atoms with Gasteiger partial charge in [0.15, 0.2) is 17.3 Å². The van der Waals surface area contributed by atoms with Gasteiger partial charge in [-0.25, -0.2) is 4.79 Å². The summed E-state index contributed by atoms with van der Waals surface area (Å²) < 4.78 is 12.7. The van der Waals surface area contributed by atoms with Gasteiger partial charge < -0.3 is 14.8 Å². The van der Waals surface area contributed by atoms with E-state index in [-0.39, 0.29) is 18.9 Å². The van der Waals surface area contributed by atoms with Crippen LogP contribution in [0, 0.1) is 0 Å². The number of amides is 2. The second-order valence-electron chi connectivity index (χ2n) is 6.48. The topological polar surface area (TPSA) is 77.4 Å². The third-order valence-corrected chi connectivity index (χ3v) is 4.59. The highest BCUT2D eigenvalue weighted by Gasteiger charge is 2.28. The maximum atomic E-state index is 12.3. The molecule has 1 aromatic carbocycles. The van der Waals surface area contributed by atoms with Crippen molar-refractivity contribution >= 4 is 11.8 Å². The molecule has 1 aliphatic carbocycles. The molecule has 2 N–H and O–H groups in total. The number of fused-ring (bicyclic) bond motifs is 1. The summed E-state index contributed by atoms with van der Waals surface area (Å²) in [5, 5.41) is 10.2. The van der Waals surface area contributed by atoms with Crippen molar-refractivity contribution in [3.05, 3.63) is 35.5 Å². The Morgan fingerprint density at radius 1 is 1.32 bits per heavy atom. The van der Waals surface area contributed by atoms with Crippen LogP contribution >= 0.6 is 0 Å². The van der Waals surface area contributed by atoms with E-state index in [0.717, 1.165) is 17.9 Å². The van der Waals surface area contributed by atoms with Crippen molar-refractivity contribution in [2.45, 2.75) is 45.2 Å². The predicted molar refractivity (Wildman–Crippen MR) is 93.0 cm³/mol. The molecule has 7 heteroatoms. The number of nitrogens with zero attached hydrogens (tertiary/aromatic N) is 2. The molecule has 0 spiro atoms. The predicted octanol–water partition coefficient (Wildman–Crippen LogP) is 3.39. The first kappa shape index (κ1) is 15.8. The Kier molecular flexibility index (Phi) is 3.99. The highest BCUT2D eigenvalue weighted by atomic mass is 16.7. The van der Waals surface area contributed by atoms with Crippen LogP contribution in [0.5, 0.6) is 11.5 Å². The van der Waals surface area contributed by atoms with Crippen LogP contribution in [0.4, 0.5) is 10.6 Å². The lowest BCUT2D eigenvalue weighted by molar-refractivity contribution is 0.174.